The topological polar surface area (TPSA) is 9.23 Å². The Bertz CT molecular complexity index is 1240. The molecule has 1 nitrogen and oxygen atoms in total. The summed E-state index contributed by atoms with van der Waals surface area (Å²) in [5.74, 6) is 14.7. The van der Waals surface area contributed by atoms with Gasteiger partial charge in [-0.1, -0.05) is 96.5 Å². The number of aryl methyl sites for hydroxylation is 2. The van der Waals surface area contributed by atoms with E-state index in [-0.39, 0.29) is 0 Å². The van der Waals surface area contributed by atoms with Crippen molar-refractivity contribution in [1.82, 2.24) is 0 Å². The second-order valence-electron chi connectivity index (χ2n) is 8.03. The molecule has 0 unspecified atom stereocenters. The van der Waals surface area contributed by atoms with Gasteiger partial charge in [0.05, 0.1) is 11.1 Å². The number of rotatable bonds is 4. The molecule has 160 valence electrons. The SMILES string of the molecule is Cc1ccc(Oc2ccc(C)cc2C#CCc2ccccc2)c(C#CCc2ccccc2)c1. The Hall–Kier alpha value is -4.20. The van der Waals surface area contributed by atoms with Crippen LogP contribution >= 0.6 is 0 Å². The second kappa shape index (κ2) is 10.9. The third-order valence-electron chi connectivity index (χ3n) is 5.21. The first-order valence-corrected chi connectivity index (χ1v) is 11.1. The minimum absolute atomic E-state index is 0.703. The van der Waals surface area contributed by atoms with Gasteiger partial charge in [-0.25, -0.2) is 0 Å². The summed E-state index contributed by atoms with van der Waals surface area (Å²) in [7, 11) is 0. The maximum Gasteiger partial charge on any atom is 0.143 e. The Morgan fingerprint density at radius 1 is 0.545 bits per heavy atom. The van der Waals surface area contributed by atoms with E-state index in [1.165, 1.54) is 11.1 Å². The van der Waals surface area contributed by atoms with Gasteiger partial charge in [0, 0.05) is 12.8 Å². The number of hydrogen-bond donors (Lipinski definition) is 0. The fourth-order valence-electron chi connectivity index (χ4n) is 3.45. The van der Waals surface area contributed by atoms with Gasteiger partial charge in [0.1, 0.15) is 11.5 Å². The fourth-order valence-corrected chi connectivity index (χ4v) is 3.45. The quantitative estimate of drug-likeness (QED) is 0.312. The molecule has 0 heterocycles. The summed E-state index contributed by atoms with van der Waals surface area (Å²) in [6.07, 6.45) is 1.41. The molecule has 0 radical (unpaired) electrons. The third kappa shape index (κ3) is 6.39. The average molecular weight is 427 g/mol. The van der Waals surface area contributed by atoms with Crippen LogP contribution in [0.4, 0.5) is 0 Å². The van der Waals surface area contributed by atoms with E-state index in [2.05, 4.69) is 73.9 Å². The first-order valence-electron chi connectivity index (χ1n) is 11.1. The third-order valence-corrected chi connectivity index (χ3v) is 5.21. The lowest BCUT2D eigenvalue weighted by atomic mass is 10.1. The van der Waals surface area contributed by atoms with Crippen molar-refractivity contribution in [2.24, 2.45) is 0 Å². The molecule has 0 aliphatic rings. The predicted octanol–water partition coefficient (Wildman–Crippen LogP) is 7.28. The molecule has 4 aromatic carbocycles. The molecule has 0 spiro atoms. The summed E-state index contributed by atoms with van der Waals surface area (Å²) >= 11 is 0. The summed E-state index contributed by atoms with van der Waals surface area (Å²) in [6, 6.07) is 32.8. The predicted molar refractivity (Wildman–Crippen MR) is 136 cm³/mol. The molecule has 1 heteroatoms. The van der Waals surface area contributed by atoms with E-state index in [9.17, 15) is 0 Å². The van der Waals surface area contributed by atoms with Crippen LogP contribution in [-0.2, 0) is 12.8 Å². The highest BCUT2D eigenvalue weighted by molar-refractivity contribution is 5.54. The highest BCUT2D eigenvalue weighted by atomic mass is 16.5. The van der Waals surface area contributed by atoms with Crippen LogP contribution in [0.25, 0.3) is 0 Å². The van der Waals surface area contributed by atoms with Crippen LogP contribution in [0.2, 0.25) is 0 Å². The Morgan fingerprint density at radius 3 is 1.39 bits per heavy atom. The standard InChI is InChI=1S/C32H26O/c1-25-19-21-31(29(23-25)17-9-15-27-11-5-3-6-12-27)33-32-22-20-26(2)24-30(32)18-10-16-28-13-7-4-8-14-28/h3-8,11-14,19-24H,15-16H2,1-2H3. The smallest absolute Gasteiger partial charge is 0.143 e. The van der Waals surface area contributed by atoms with Crippen LogP contribution in [0, 0.1) is 37.5 Å². The van der Waals surface area contributed by atoms with Gasteiger partial charge in [0.25, 0.3) is 0 Å². The van der Waals surface area contributed by atoms with Gasteiger partial charge in [-0.05, 0) is 60.4 Å². The van der Waals surface area contributed by atoms with Gasteiger partial charge in [0.2, 0.25) is 0 Å². The maximum absolute atomic E-state index is 6.35. The lowest BCUT2D eigenvalue weighted by Gasteiger charge is -2.11. The number of ether oxygens (including phenoxy) is 1. The lowest BCUT2D eigenvalue weighted by Crippen LogP contribution is -1.93. The van der Waals surface area contributed by atoms with Crippen molar-refractivity contribution in [3.05, 3.63) is 130 Å². The van der Waals surface area contributed by atoms with Crippen molar-refractivity contribution in [1.29, 1.82) is 0 Å². The van der Waals surface area contributed by atoms with Gasteiger partial charge in [-0.2, -0.15) is 0 Å². The van der Waals surface area contributed by atoms with Gasteiger partial charge in [-0.15, -0.1) is 0 Å². The minimum atomic E-state index is 0.703. The molecule has 0 bridgehead atoms. The largest absolute Gasteiger partial charge is 0.455 e. The van der Waals surface area contributed by atoms with E-state index in [4.69, 9.17) is 4.74 Å². The molecule has 0 aliphatic carbocycles. The van der Waals surface area contributed by atoms with Gasteiger partial charge in [0.15, 0.2) is 0 Å². The molecule has 0 N–H and O–H groups in total. The Balaban J connectivity index is 1.58. The van der Waals surface area contributed by atoms with Crippen LogP contribution in [0.15, 0.2) is 97.1 Å². The zero-order chi connectivity index (χ0) is 22.9. The van der Waals surface area contributed by atoms with Crippen molar-refractivity contribution in [2.75, 3.05) is 0 Å². The normalized spacial score (nSPS) is 9.88. The molecule has 0 aliphatic heterocycles. The molecule has 4 aromatic rings. The Labute approximate surface area is 197 Å². The molecule has 0 fully saturated rings. The molecule has 0 saturated carbocycles. The zero-order valence-electron chi connectivity index (χ0n) is 19.1. The van der Waals surface area contributed by atoms with Crippen molar-refractivity contribution >= 4 is 0 Å². The molecule has 33 heavy (non-hydrogen) atoms. The van der Waals surface area contributed by atoms with Crippen LogP contribution in [0.5, 0.6) is 11.5 Å². The summed E-state index contributed by atoms with van der Waals surface area (Å²) in [5, 5.41) is 0. The van der Waals surface area contributed by atoms with Crippen LogP contribution in [0.1, 0.15) is 33.4 Å². The van der Waals surface area contributed by atoms with Crippen molar-refractivity contribution in [3.8, 4) is 35.2 Å². The highest BCUT2D eigenvalue weighted by Gasteiger charge is 2.08. The van der Waals surface area contributed by atoms with E-state index < -0.39 is 0 Å². The van der Waals surface area contributed by atoms with Gasteiger partial charge in [-0.3, -0.25) is 0 Å². The van der Waals surface area contributed by atoms with E-state index in [0.717, 1.165) is 33.8 Å². The Morgan fingerprint density at radius 2 is 0.970 bits per heavy atom. The molecule has 4 rings (SSSR count). The van der Waals surface area contributed by atoms with Crippen molar-refractivity contribution in [2.45, 2.75) is 26.7 Å². The molecule has 0 saturated heterocycles. The average Bonchev–Trinajstić information content (AvgIpc) is 2.83. The first kappa shape index (κ1) is 22.0. The van der Waals surface area contributed by atoms with Crippen LogP contribution < -0.4 is 4.74 Å². The maximum atomic E-state index is 6.35. The summed E-state index contributed by atoms with van der Waals surface area (Å²) in [6.45, 7) is 4.14. The van der Waals surface area contributed by atoms with E-state index in [1.807, 2.05) is 60.7 Å². The minimum Gasteiger partial charge on any atom is -0.455 e. The summed E-state index contributed by atoms with van der Waals surface area (Å²) in [4.78, 5) is 0. The monoisotopic (exact) mass is 426 g/mol. The highest BCUT2D eigenvalue weighted by Crippen LogP contribution is 2.29. The number of benzene rings is 4. The van der Waals surface area contributed by atoms with Gasteiger partial charge < -0.3 is 4.74 Å². The summed E-state index contributed by atoms with van der Waals surface area (Å²) < 4.78 is 6.35. The van der Waals surface area contributed by atoms with E-state index >= 15 is 0 Å². The van der Waals surface area contributed by atoms with E-state index in [0.29, 0.717) is 12.8 Å². The lowest BCUT2D eigenvalue weighted by molar-refractivity contribution is 0.479. The molecular weight excluding hydrogens is 400 g/mol. The molecular formula is C32H26O. The van der Waals surface area contributed by atoms with Crippen molar-refractivity contribution in [3.63, 3.8) is 0 Å². The first-order chi connectivity index (χ1) is 16.2. The van der Waals surface area contributed by atoms with E-state index in [1.54, 1.807) is 0 Å². The van der Waals surface area contributed by atoms with Crippen LogP contribution in [0.3, 0.4) is 0 Å². The second-order valence-corrected chi connectivity index (χ2v) is 8.03. The zero-order valence-corrected chi connectivity index (χ0v) is 19.1. The molecule has 0 amide bonds. The molecule has 0 aromatic heterocycles. The fraction of sp³-hybridized carbons (Fsp3) is 0.125. The van der Waals surface area contributed by atoms with Crippen molar-refractivity contribution < 1.29 is 4.74 Å². The Kier molecular flexibility index (Phi) is 7.27. The van der Waals surface area contributed by atoms with Crippen LogP contribution in [-0.4, -0.2) is 0 Å². The molecule has 0 atom stereocenters. The van der Waals surface area contributed by atoms with Gasteiger partial charge >= 0.3 is 0 Å². The summed E-state index contributed by atoms with van der Waals surface area (Å²) in [5.41, 5.74) is 6.48. The number of hydrogen-bond acceptors (Lipinski definition) is 1.